The molecule has 0 amide bonds. The summed E-state index contributed by atoms with van der Waals surface area (Å²) in [6, 6.07) is 4.21. The van der Waals surface area contributed by atoms with E-state index in [0.717, 1.165) is 6.07 Å². The maximum atomic E-state index is 13.5. The molecule has 108 valence electrons. The van der Waals surface area contributed by atoms with Gasteiger partial charge >= 0.3 is 0 Å². The van der Waals surface area contributed by atoms with Crippen LogP contribution in [0.25, 0.3) is 0 Å². The van der Waals surface area contributed by atoms with Crippen molar-refractivity contribution in [2.75, 3.05) is 4.72 Å². The Balaban J connectivity index is 2.43. The average molecular weight is 297 g/mol. The minimum Gasteiger partial charge on any atom is -0.279 e. The molecule has 1 heterocycles. The van der Waals surface area contributed by atoms with E-state index in [1.807, 2.05) is 0 Å². The lowest BCUT2D eigenvalue weighted by Crippen LogP contribution is -2.15. The van der Waals surface area contributed by atoms with Crippen LogP contribution in [0.3, 0.4) is 0 Å². The van der Waals surface area contributed by atoms with Gasteiger partial charge in [0.1, 0.15) is 10.7 Å². The molecule has 0 spiro atoms. The molecule has 0 radical (unpaired) electrons. The molecule has 0 aliphatic rings. The van der Waals surface area contributed by atoms with Gasteiger partial charge in [-0.25, -0.2) is 12.8 Å². The lowest BCUT2D eigenvalue weighted by molar-refractivity contribution is 0.599. The van der Waals surface area contributed by atoms with E-state index in [4.69, 9.17) is 0 Å². The van der Waals surface area contributed by atoms with E-state index in [1.54, 1.807) is 27.8 Å². The van der Waals surface area contributed by atoms with Crippen LogP contribution in [0.15, 0.2) is 23.1 Å². The van der Waals surface area contributed by atoms with Crippen LogP contribution in [0, 0.1) is 26.6 Å². The molecule has 0 aliphatic carbocycles. The zero-order valence-corrected chi connectivity index (χ0v) is 12.5. The Morgan fingerprint density at radius 2 is 1.90 bits per heavy atom. The lowest BCUT2D eigenvalue weighted by atomic mass is 10.2. The number of hydrogen-bond donors (Lipinski definition) is 1. The van der Waals surface area contributed by atoms with Crippen LogP contribution in [0.1, 0.15) is 17.0 Å². The van der Waals surface area contributed by atoms with Crippen molar-refractivity contribution in [2.24, 2.45) is 7.05 Å². The fourth-order valence-corrected chi connectivity index (χ4v) is 3.50. The van der Waals surface area contributed by atoms with Gasteiger partial charge < -0.3 is 0 Å². The molecule has 1 N–H and O–H groups in total. The van der Waals surface area contributed by atoms with E-state index in [-0.39, 0.29) is 10.6 Å². The molecular formula is C13H16FN3O2S. The summed E-state index contributed by atoms with van der Waals surface area (Å²) in [4.78, 5) is 0.126. The molecule has 7 heteroatoms. The number of anilines is 1. The maximum Gasteiger partial charge on any atom is 0.265 e. The summed E-state index contributed by atoms with van der Waals surface area (Å²) in [6.07, 6.45) is 0. The highest BCUT2D eigenvalue weighted by Gasteiger charge is 2.23. The predicted octanol–water partition coefficient (Wildman–Crippen LogP) is 2.29. The number of aromatic nitrogens is 2. The number of rotatable bonds is 3. The van der Waals surface area contributed by atoms with Crippen LogP contribution in [0.5, 0.6) is 0 Å². The van der Waals surface area contributed by atoms with Crippen molar-refractivity contribution in [1.82, 2.24) is 9.78 Å². The number of aryl methyl sites for hydroxylation is 3. The molecule has 2 aromatic rings. The summed E-state index contributed by atoms with van der Waals surface area (Å²) < 4.78 is 42.1. The van der Waals surface area contributed by atoms with Crippen molar-refractivity contribution in [2.45, 2.75) is 25.7 Å². The third kappa shape index (κ3) is 2.53. The summed E-state index contributed by atoms with van der Waals surface area (Å²) in [5.41, 5.74) is 1.59. The highest BCUT2D eigenvalue weighted by molar-refractivity contribution is 7.92. The van der Waals surface area contributed by atoms with Crippen molar-refractivity contribution < 1.29 is 12.8 Å². The summed E-state index contributed by atoms with van der Waals surface area (Å²) in [7, 11) is -2.11. The van der Waals surface area contributed by atoms with Crippen LogP contribution in [-0.2, 0) is 17.1 Å². The van der Waals surface area contributed by atoms with Crippen molar-refractivity contribution in [3.8, 4) is 0 Å². The quantitative estimate of drug-likeness (QED) is 0.945. The summed E-state index contributed by atoms with van der Waals surface area (Å²) >= 11 is 0. The Morgan fingerprint density at radius 3 is 2.40 bits per heavy atom. The number of nitrogens with one attached hydrogen (secondary N) is 1. The van der Waals surface area contributed by atoms with Gasteiger partial charge in [0.05, 0.1) is 17.1 Å². The first-order valence-corrected chi connectivity index (χ1v) is 7.50. The standard InChI is InChI=1S/C13H16FN3O2S/c1-8-5-6-11(7-12(8)14)16-20(18,19)13-9(2)15-17(4)10(13)3/h5-7,16H,1-4H3. The highest BCUT2D eigenvalue weighted by Crippen LogP contribution is 2.23. The molecule has 0 aliphatic heterocycles. The van der Waals surface area contributed by atoms with E-state index in [9.17, 15) is 12.8 Å². The zero-order chi connectivity index (χ0) is 15.1. The molecule has 0 saturated carbocycles. The second-order valence-corrected chi connectivity index (χ2v) is 6.31. The first-order chi connectivity index (χ1) is 9.22. The average Bonchev–Trinajstić information content (AvgIpc) is 2.58. The van der Waals surface area contributed by atoms with Gasteiger partial charge in [-0.1, -0.05) is 6.07 Å². The minimum absolute atomic E-state index is 0.126. The van der Waals surface area contributed by atoms with E-state index >= 15 is 0 Å². The molecule has 0 fully saturated rings. The zero-order valence-electron chi connectivity index (χ0n) is 11.7. The van der Waals surface area contributed by atoms with E-state index in [0.29, 0.717) is 17.0 Å². The van der Waals surface area contributed by atoms with Gasteiger partial charge in [-0.05, 0) is 38.5 Å². The van der Waals surface area contributed by atoms with Crippen LogP contribution < -0.4 is 4.72 Å². The SMILES string of the molecule is Cc1ccc(NS(=O)(=O)c2c(C)nn(C)c2C)cc1F. The summed E-state index contributed by atoms with van der Waals surface area (Å²) in [6.45, 7) is 4.91. The second-order valence-electron chi connectivity index (χ2n) is 4.69. The Bertz CT molecular complexity index is 766. The number of nitrogens with zero attached hydrogens (tertiary/aromatic N) is 2. The molecule has 20 heavy (non-hydrogen) atoms. The lowest BCUT2D eigenvalue weighted by Gasteiger charge is -2.09. The Kier molecular flexibility index (Phi) is 3.56. The first-order valence-electron chi connectivity index (χ1n) is 6.01. The highest BCUT2D eigenvalue weighted by atomic mass is 32.2. The third-order valence-corrected chi connectivity index (χ3v) is 4.77. The molecule has 0 saturated heterocycles. The summed E-state index contributed by atoms with van der Waals surface area (Å²) in [5.74, 6) is -0.454. The number of halogens is 1. The Labute approximate surface area is 117 Å². The molecular weight excluding hydrogens is 281 g/mol. The molecule has 5 nitrogen and oxygen atoms in total. The van der Waals surface area contributed by atoms with Crippen molar-refractivity contribution in [3.63, 3.8) is 0 Å². The van der Waals surface area contributed by atoms with E-state index < -0.39 is 15.8 Å². The van der Waals surface area contributed by atoms with Gasteiger partial charge in [-0.2, -0.15) is 5.10 Å². The van der Waals surface area contributed by atoms with Gasteiger partial charge in [0.2, 0.25) is 0 Å². The third-order valence-electron chi connectivity index (χ3n) is 3.14. The normalized spacial score (nSPS) is 11.7. The first kappa shape index (κ1) is 14.5. The molecule has 2 rings (SSSR count). The van der Waals surface area contributed by atoms with E-state index in [1.165, 1.54) is 16.8 Å². The van der Waals surface area contributed by atoms with Crippen molar-refractivity contribution >= 4 is 15.7 Å². The maximum absolute atomic E-state index is 13.5. The molecule has 1 aromatic carbocycles. The minimum atomic E-state index is -3.78. The number of benzene rings is 1. The largest absolute Gasteiger partial charge is 0.279 e. The predicted molar refractivity (Wildman–Crippen MR) is 74.6 cm³/mol. The van der Waals surface area contributed by atoms with Gasteiger partial charge in [-0.15, -0.1) is 0 Å². The van der Waals surface area contributed by atoms with Crippen molar-refractivity contribution in [3.05, 3.63) is 41.0 Å². The monoisotopic (exact) mass is 297 g/mol. The van der Waals surface area contributed by atoms with Crippen LogP contribution in [0.4, 0.5) is 10.1 Å². The smallest absolute Gasteiger partial charge is 0.265 e. The Hall–Kier alpha value is -1.89. The van der Waals surface area contributed by atoms with Gasteiger partial charge in [0.15, 0.2) is 0 Å². The fourth-order valence-electron chi connectivity index (χ4n) is 2.01. The van der Waals surface area contributed by atoms with Gasteiger partial charge in [0, 0.05) is 7.05 Å². The molecule has 0 bridgehead atoms. The second kappa shape index (κ2) is 4.90. The topological polar surface area (TPSA) is 64.0 Å². The van der Waals surface area contributed by atoms with Crippen LogP contribution >= 0.6 is 0 Å². The number of hydrogen-bond acceptors (Lipinski definition) is 3. The molecule has 0 atom stereocenters. The molecule has 1 aromatic heterocycles. The van der Waals surface area contributed by atoms with Gasteiger partial charge in [-0.3, -0.25) is 9.40 Å². The summed E-state index contributed by atoms with van der Waals surface area (Å²) in [5, 5.41) is 4.07. The van der Waals surface area contributed by atoms with Crippen LogP contribution in [0.2, 0.25) is 0 Å². The fraction of sp³-hybridized carbons (Fsp3) is 0.308. The molecule has 0 unspecified atom stereocenters. The Morgan fingerprint density at radius 1 is 1.25 bits per heavy atom. The van der Waals surface area contributed by atoms with Crippen molar-refractivity contribution in [1.29, 1.82) is 0 Å². The van der Waals surface area contributed by atoms with Crippen LogP contribution in [-0.4, -0.2) is 18.2 Å². The number of sulfonamides is 1. The van der Waals surface area contributed by atoms with E-state index in [2.05, 4.69) is 9.82 Å². The van der Waals surface area contributed by atoms with Gasteiger partial charge in [0.25, 0.3) is 10.0 Å².